The third-order valence-corrected chi connectivity index (χ3v) is 5.36. The number of para-hydroxylation sites is 1. The minimum Gasteiger partial charge on any atom is -0.497 e. The summed E-state index contributed by atoms with van der Waals surface area (Å²) in [6.07, 6.45) is 0. The molecular weight excluding hydrogens is 432 g/mol. The summed E-state index contributed by atoms with van der Waals surface area (Å²) in [6, 6.07) is 21.5. The maximum atomic E-state index is 12.9. The van der Waals surface area contributed by atoms with E-state index in [4.69, 9.17) is 4.74 Å². The number of aromatic nitrogens is 2. The number of ketones is 1. The first-order valence-corrected chi connectivity index (χ1v) is 10.7. The van der Waals surface area contributed by atoms with Crippen molar-refractivity contribution in [3.63, 3.8) is 0 Å². The second kappa shape index (κ2) is 9.99. The van der Waals surface area contributed by atoms with Crippen molar-refractivity contribution >= 4 is 34.1 Å². The molecule has 0 atom stereocenters. The summed E-state index contributed by atoms with van der Waals surface area (Å²) in [4.78, 5) is 41.3. The number of methoxy groups -OCH3 is 1. The van der Waals surface area contributed by atoms with Gasteiger partial charge < -0.3 is 15.4 Å². The molecular formula is C26H24N4O4. The lowest BCUT2D eigenvalue weighted by Crippen LogP contribution is -2.30. The van der Waals surface area contributed by atoms with Gasteiger partial charge in [-0.25, -0.2) is 4.79 Å². The van der Waals surface area contributed by atoms with Crippen molar-refractivity contribution in [2.45, 2.75) is 20.0 Å². The molecule has 1 amide bonds. The van der Waals surface area contributed by atoms with E-state index in [1.54, 1.807) is 43.5 Å². The van der Waals surface area contributed by atoms with Gasteiger partial charge in [-0.2, -0.15) is 4.98 Å². The van der Waals surface area contributed by atoms with Crippen LogP contribution in [0.3, 0.4) is 0 Å². The van der Waals surface area contributed by atoms with Gasteiger partial charge in [0.2, 0.25) is 5.91 Å². The molecule has 0 bridgehead atoms. The number of nitrogens with zero attached hydrogens (tertiary/aromatic N) is 2. The molecule has 172 valence electrons. The Bertz CT molecular complexity index is 1410. The van der Waals surface area contributed by atoms with Crippen LogP contribution in [0, 0.1) is 0 Å². The molecule has 0 unspecified atom stereocenters. The highest BCUT2D eigenvalue weighted by Gasteiger charge is 2.14. The molecule has 0 fully saturated rings. The number of carbonyl (C=O) groups is 2. The highest BCUT2D eigenvalue weighted by Crippen LogP contribution is 2.21. The number of Topliss-reactive ketones (excluding diaryl/α,β-unsaturated/α-hetero) is 1. The van der Waals surface area contributed by atoms with Crippen molar-refractivity contribution < 1.29 is 14.3 Å². The van der Waals surface area contributed by atoms with E-state index in [1.807, 2.05) is 36.4 Å². The SMILES string of the molecule is COc1ccc(CNc2nc(=O)n(CC(=O)Nc3cccc(C(C)=O)c3)c3ccccc23)cc1. The molecule has 0 radical (unpaired) electrons. The summed E-state index contributed by atoms with van der Waals surface area (Å²) >= 11 is 0. The van der Waals surface area contributed by atoms with E-state index >= 15 is 0 Å². The maximum Gasteiger partial charge on any atom is 0.350 e. The van der Waals surface area contributed by atoms with Crippen molar-refractivity contribution in [3.05, 3.63) is 94.4 Å². The first-order chi connectivity index (χ1) is 16.4. The normalized spacial score (nSPS) is 10.6. The maximum absolute atomic E-state index is 12.9. The van der Waals surface area contributed by atoms with Crippen LogP contribution in [0.5, 0.6) is 5.75 Å². The van der Waals surface area contributed by atoms with Gasteiger partial charge in [0.25, 0.3) is 0 Å². The van der Waals surface area contributed by atoms with Gasteiger partial charge in [-0.1, -0.05) is 36.4 Å². The van der Waals surface area contributed by atoms with Crippen LogP contribution in [-0.2, 0) is 17.9 Å². The summed E-state index contributed by atoms with van der Waals surface area (Å²) in [6.45, 7) is 1.72. The number of hydrogen-bond donors (Lipinski definition) is 2. The van der Waals surface area contributed by atoms with Crippen molar-refractivity contribution in [2.75, 3.05) is 17.7 Å². The summed E-state index contributed by atoms with van der Waals surface area (Å²) < 4.78 is 6.51. The number of rotatable bonds is 8. The van der Waals surface area contributed by atoms with Gasteiger partial charge in [-0.15, -0.1) is 0 Å². The second-order valence-electron chi connectivity index (χ2n) is 7.73. The van der Waals surface area contributed by atoms with Crippen LogP contribution in [0.15, 0.2) is 77.6 Å². The largest absolute Gasteiger partial charge is 0.497 e. The third kappa shape index (κ3) is 5.12. The van der Waals surface area contributed by atoms with Gasteiger partial charge in [0.1, 0.15) is 18.1 Å². The van der Waals surface area contributed by atoms with E-state index in [0.29, 0.717) is 29.1 Å². The van der Waals surface area contributed by atoms with Crippen molar-refractivity contribution in [2.24, 2.45) is 0 Å². The zero-order chi connectivity index (χ0) is 24.1. The lowest BCUT2D eigenvalue weighted by molar-refractivity contribution is -0.116. The Balaban J connectivity index is 1.56. The van der Waals surface area contributed by atoms with Gasteiger partial charge in [-0.05, 0) is 48.9 Å². The van der Waals surface area contributed by atoms with Crippen LogP contribution in [0.1, 0.15) is 22.8 Å². The number of hydrogen-bond acceptors (Lipinski definition) is 6. The number of anilines is 2. The molecule has 0 aliphatic heterocycles. The predicted molar refractivity (Wildman–Crippen MR) is 131 cm³/mol. The number of amides is 1. The van der Waals surface area contributed by atoms with Crippen LogP contribution in [0.4, 0.5) is 11.5 Å². The number of benzene rings is 3. The molecule has 4 rings (SSSR count). The number of nitrogens with one attached hydrogen (secondary N) is 2. The highest BCUT2D eigenvalue weighted by atomic mass is 16.5. The Hall–Kier alpha value is -4.46. The monoisotopic (exact) mass is 456 g/mol. The lowest BCUT2D eigenvalue weighted by atomic mass is 10.1. The van der Waals surface area contributed by atoms with Crippen LogP contribution < -0.4 is 21.1 Å². The van der Waals surface area contributed by atoms with Gasteiger partial charge in [0.05, 0.1) is 12.6 Å². The second-order valence-corrected chi connectivity index (χ2v) is 7.73. The highest BCUT2D eigenvalue weighted by molar-refractivity contribution is 5.97. The first-order valence-electron chi connectivity index (χ1n) is 10.7. The molecule has 0 saturated heterocycles. The standard InChI is InChI=1S/C26H24N4O4/c1-17(31)19-6-5-7-20(14-19)28-24(32)16-30-23-9-4-3-8-22(23)25(29-26(30)33)27-15-18-10-12-21(34-2)13-11-18/h3-14H,15-16H2,1-2H3,(H,28,32)(H,27,29,33). The quantitative estimate of drug-likeness (QED) is 0.391. The molecule has 0 aliphatic carbocycles. The van der Waals surface area contributed by atoms with E-state index in [0.717, 1.165) is 16.7 Å². The molecule has 4 aromatic rings. The van der Waals surface area contributed by atoms with Crippen molar-refractivity contribution in [1.29, 1.82) is 0 Å². The molecule has 0 spiro atoms. The molecule has 1 heterocycles. The van der Waals surface area contributed by atoms with Crippen molar-refractivity contribution in [1.82, 2.24) is 9.55 Å². The van der Waals surface area contributed by atoms with Gasteiger partial charge in [0.15, 0.2) is 5.78 Å². The smallest absolute Gasteiger partial charge is 0.350 e. The van der Waals surface area contributed by atoms with Crippen LogP contribution >= 0.6 is 0 Å². The summed E-state index contributed by atoms with van der Waals surface area (Å²) in [5.41, 5.74) is 2.04. The predicted octanol–water partition coefficient (Wildman–Crippen LogP) is 3.86. The Morgan fingerprint density at radius 1 is 1.00 bits per heavy atom. The Morgan fingerprint density at radius 3 is 2.50 bits per heavy atom. The number of carbonyl (C=O) groups excluding carboxylic acids is 2. The molecule has 8 nitrogen and oxygen atoms in total. The summed E-state index contributed by atoms with van der Waals surface area (Å²) in [7, 11) is 1.61. The van der Waals surface area contributed by atoms with Gasteiger partial charge >= 0.3 is 5.69 Å². The zero-order valence-electron chi connectivity index (χ0n) is 18.9. The molecule has 3 aromatic carbocycles. The summed E-state index contributed by atoms with van der Waals surface area (Å²) in [5.74, 6) is 0.720. The molecule has 8 heteroatoms. The minimum absolute atomic E-state index is 0.0970. The lowest BCUT2D eigenvalue weighted by Gasteiger charge is -2.14. The van der Waals surface area contributed by atoms with E-state index in [1.165, 1.54) is 11.5 Å². The molecule has 0 saturated carbocycles. The fraction of sp³-hybridized carbons (Fsp3) is 0.154. The average molecular weight is 457 g/mol. The van der Waals surface area contributed by atoms with Gasteiger partial charge in [0, 0.05) is 23.2 Å². The van der Waals surface area contributed by atoms with E-state index in [-0.39, 0.29) is 12.3 Å². The van der Waals surface area contributed by atoms with E-state index in [9.17, 15) is 14.4 Å². The molecule has 0 aliphatic rings. The fourth-order valence-electron chi connectivity index (χ4n) is 3.61. The topological polar surface area (TPSA) is 102 Å². The molecule has 2 N–H and O–H groups in total. The number of ether oxygens (including phenoxy) is 1. The van der Waals surface area contributed by atoms with Gasteiger partial charge in [-0.3, -0.25) is 14.2 Å². The third-order valence-electron chi connectivity index (χ3n) is 5.36. The van der Waals surface area contributed by atoms with Crippen molar-refractivity contribution in [3.8, 4) is 5.75 Å². The molecule has 1 aromatic heterocycles. The fourth-order valence-corrected chi connectivity index (χ4v) is 3.61. The first kappa shape index (κ1) is 22.7. The summed E-state index contributed by atoms with van der Waals surface area (Å²) in [5, 5.41) is 6.69. The van der Waals surface area contributed by atoms with Crippen LogP contribution in [-0.4, -0.2) is 28.4 Å². The molecule has 34 heavy (non-hydrogen) atoms. The Labute approximate surface area is 196 Å². The van der Waals surface area contributed by atoms with E-state index in [2.05, 4.69) is 15.6 Å². The van der Waals surface area contributed by atoms with Crippen LogP contribution in [0.25, 0.3) is 10.9 Å². The number of fused-ring (bicyclic) bond motifs is 1. The van der Waals surface area contributed by atoms with E-state index < -0.39 is 11.6 Å². The zero-order valence-corrected chi connectivity index (χ0v) is 18.9. The Morgan fingerprint density at radius 2 is 1.76 bits per heavy atom. The van der Waals surface area contributed by atoms with Crippen LogP contribution in [0.2, 0.25) is 0 Å². The minimum atomic E-state index is -0.538. The Kier molecular flexibility index (Phi) is 6.68. The average Bonchev–Trinajstić information content (AvgIpc) is 2.85.